The molecular formula is C14H20F3NO. The molecule has 3 bridgehead atoms. The van der Waals surface area contributed by atoms with Crippen LogP contribution in [0.3, 0.4) is 0 Å². The average molecular weight is 275 g/mol. The quantitative estimate of drug-likeness (QED) is 0.719. The lowest BCUT2D eigenvalue weighted by Crippen LogP contribution is -2.51. The number of piperidine rings is 1. The molecule has 0 radical (unpaired) electrons. The summed E-state index contributed by atoms with van der Waals surface area (Å²) < 4.78 is 37.3. The fourth-order valence-electron chi connectivity index (χ4n) is 4.99. The van der Waals surface area contributed by atoms with E-state index in [1.165, 1.54) is 0 Å². The van der Waals surface area contributed by atoms with Crippen molar-refractivity contribution in [2.45, 2.75) is 51.7 Å². The van der Waals surface area contributed by atoms with Crippen molar-refractivity contribution in [1.29, 1.82) is 0 Å². The number of hydrogen-bond acceptors (Lipinski definition) is 1. The first-order chi connectivity index (χ1) is 8.70. The summed E-state index contributed by atoms with van der Waals surface area (Å²) >= 11 is 0. The molecule has 3 rings (SSSR count). The summed E-state index contributed by atoms with van der Waals surface area (Å²) in [5.41, 5.74) is 0.228. The van der Waals surface area contributed by atoms with Crippen LogP contribution >= 0.6 is 0 Å². The monoisotopic (exact) mass is 275 g/mol. The van der Waals surface area contributed by atoms with Gasteiger partial charge in [0.2, 0.25) is 5.91 Å². The number of halogens is 3. The SMILES string of the molecule is C[C@@H]1C2[C@H]3CC(CN2C(=O)CC(F)(F)F)C[C@@]1(C)C3. The molecule has 2 aliphatic carbocycles. The number of rotatable bonds is 1. The van der Waals surface area contributed by atoms with Crippen LogP contribution in [0.2, 0.25) is 0 Å². The van der Waals surface area contributed by atoms with Crippen LogP contribution in [0.5, 0.6) is 0 Å². The summed E-state index contributed by atoms with van der Waals surface area (Å²) in [6, 6.07) is 0.0404. The van der Waals surface area contributed by atoms with E-state index < -0.39 is 18.5 Å². The van der Waals surface area contributed by atoms with E-state index >= 15 is 0 Å². The minimum atomic E-state index is -4.39. The van der Waals surface area contributed by atoms with Crippen molar-refractivity contribution in [3.63, 3.8) is 0 Å². The third-order valence-electron chi connectivity index (χ3n) is 5.70. The fourth-order valence-corrected chi connectivity index (χ4v) is 4.99. The van der Waals surface area contributed by atoms with E-state index in [9.17, 15) is 18.0 Å². The highest BCUT2D eigenvalue weighted by molar-refractivity contribution is 5.77. The molecule has 19 heavy (non-hydrogen) atoms. The molecule has 0 aromatic carbocycles. The second kappa shape index (κ2) is 3.89. The predicted molar refractivity (Wildman–Crippen MR) is 64.3 cm³/mol. The summed E-state index contributed by atoms with van der Waals surface area (Å²) in [7, 11) is 0. The number of hydrogen-bond donors (Lipinski definition) is 0. The molecule has 3 aliphatic rings. The number of nitrogens with zero attached hydrogens (tertiary/aromatic N) is 1. The van der Waals surface area contributed by atoms with Gasteiger partial charge < -0.3 is 4.90 Å². The molecule has 1 heterocycles. The molecule has 2 nitrogen and oxygen atoms in total. The van der Waals surface area contributed by atoms with Crippen LogP contribution in [0.4, 0.5) is 13.2 Å². The van der Waals surface area contributed by atoms with E-state index in [-0.39, 0.29) is 11.5 Å². The molecule has 5 heteroatoms. The second-order valence-electron chi connectivity index (χ2n) is 7.04. The third kappa shape index (κ3) is 2.05. The molecule has 2 unspecified atom stereocenters. The molecule has 2 saturated carbocycles. The highest BCUT2D eigenvalue weighted by atomic mass is 19.4. The first-order valence-corrected chi connectivity index (χ1v) is 7.06. The van der Waals surface area contributed by atoms with Gasteiger partial charge in [0.1, 0.15) is 6.42 Å². The molecule has 0 N–H and O–H groups in total. The topological polar surface area (TPSA) is 20.3 Å². The smallest absolute Gasteiger partial charge is 0.339 e. The first kappa shape index (κ1) is 13.3. The Balaban J connectivity index is 1.84. The summed E-state index contributed by atoms with van der Waals surface area (Å²) in [5.74, 6) is 0.430. The molecule has 0 aromatic heterocycles. The molecule has 108 valence electrons. The van der Waals surface area contributed by atoms with Crippen molar-refractivity contribution in [3.05, 3.63) is 0 Å². The Kier molecular flexibility index (Phi) is 2.71. The molecule has 5 atom stereocenters. The van der Waals surface area contributed by atoms with Gasteiger partial charge >= 0.3 is 6.18 Å². The number of carbonyl (C=O) groups excluding carboxylic acids is 1. The molecule has 1 aliphatic heterocycles. The Morgan fingerprint density at radius 1 is 1.37 bits per heavy atom. The summed E-state index contributed by atoms with van der Waals surface area (Å²) in [5, 5.41) is 0. The number of alkyl halides is 3. The molecule has 0 aromatic rings. The van der Waals surface area contributed by atoms with Crippen molar-refractivity contribution >= 4 is 5.91 Å². The molecule has 1 amide bonds. The lowest BCUT2D eigenvalue weighted by atomic mass is 9.69. The van der Waals surface area contributed by atoms with Crippen LogP contribution in [0.25, 0.3) is 0 Å². The van der Waals surface area contributed by atoms with Crippen LogP contribution in [0, 0.1) is 23.2 Å². The van der Waals surface area contributed by atoms with Gasteiger partial charge in [-0.25, -0.2) is 0 Å². The normalized spacial score (nSPS) is 44.8. The number of fused-ring (bicyclic) bond motifs is 2. The van der Waals surface area contributed by atoms with Crippen LogP contribution in [-0.2, 0) is 4.79 Å². The van der Waals surface area contributed by atoms with Gasteiger partial charge in [-0.15, -0.1) is 0 Å². The van der Waals surface area contributed by atoms with E-state index in [0.717, 1.165) is 19.3 Å². The Morgan fingerprint density at radius 3 is 2.68 bits per heavy atom. The van der Waals surface area contributed by atoms with Gasteiger partial charge in [-0.1, -0.05) is 13.8 Å². The van der Waals surface area contributed by atoms with E-state index in [0.29, 0.717) is 24.3 Å². The zero-order valence-corrected chi connectivity index (χ0v) is 11.3. The van der Waals surface area contributed by atoms with Gasteiger partial charge in [-0.05, 0) is 42.4 Å². The number of amides is 1. The highest BCUT2D eigenvalue weighted by Crippen LogP contribution is 2.60. The maximum Gasteiger partial charge on any atom is 0.397 e. The van der Waals surface area contributed by atoms with Gasteiger partial charge in [0.05, 0.1) is 0 Å². The number of carbonyl (C=O) groups is 1. The van der Waals surface area contributed by atoms with Crippen molar-refractivity contribution < 1.29 is 18.0 Å². The molecule has 3 fully saturated rings. The van der Waals surface area contributed by atoms with Gasteiger partial charge in [-0.3, -0.25) is 4.79 Å². The summed E-state index contributed by atoms with van der Waals surface area (Å²) in [4.78, 5) is 13.5. The molecule has 0 spiro atoms. The lowest BCUT2D eigenvalue weighted by Gasteiger charge is -2.43. The summed E-state index contributed by atoms with van der Waals surface area (Å²) in [6.07, 6.45) is -2.45. The standard InChI is InChI=1S/C14H20F3NO/c1-8-12-10-3-9(4-13(8,2)5-10)7-18(12)11(19)6-14(15,16)17/h8-10,12H,3-7H2,1-2H3/t8-,9?,10+,12?,13+/m1/s1. The average Bonchev–Trinajstić information content (AvgIpc) is 2.35. The van der Waals surface area contributed by atoms with E-state index in [1.807, 2.05) is 0 Å². The second-order valence-corrected chi connectivity index (χ2v) is 7.04. The van der Waals surface area contributed by atoms with E-state index in [1.54, 1.807) is 4.90 Å². The van der Waals surface area contributed by atoms with Crippen LogP contribution in [-0.4, -0.2) is 29.6 Å². The zero-order valence-electron chi connectivity index (χ0n) is 11.3. The van der Waals surface area contributed by atoms with Crippen molar-refractivity contribution in [3.8, 4) is 0 Å². The van der Waals surface area contributed by atoms with Gasteiger partial charge in [0.15, 0.2) is 0 Å². The molecular weight excluding hydrogens is 255 g/mol. The van der Waals surface area contributed by atoms with Crippen LogP contribution in [0.15, 0.2) is 0 Å². The van der Waals surface area contributed by atoms with Crippen LogP contribution < -0.4 is 0 Å². The summed E-state index contributed by atoms with van der Waals surface area (Å²) in [6.45, 7) is 4.90. The van der Waals surface area contributed by atoms with Crippen molar-refractivity contribution in [2.75, 3.05) is 6.54 Å². The zero-order chi connectivity index (χ0) is 14.0. The van der Waals surface area contributed by atoms with Gasteiger partial charge in [-0.2, -0.15) is 13.2 Å². The highest BCUT2D eigenvalue weighted by Gasteiger charge is 2.59. The fraction of sp³-hybridized carbons (Fsp3) is 0.929. The van der Waals surface area contributed by atoms with Crippen molar-refractivity contribution in [1.82, 2.24) is 4.90 Å². The first-order valence-electron chi connectivity index (χ1n) is 7.06. The maximum atomic E-state index is 12.4. The third-order valence-corrected chi connectivity index (χ3v) is 5.70. The van der Waals surface area contributed by atoms with Crippen LogP contribution in [0.1, 0.15) is 39.5 Å². The Morgan fingerprint density at radius 2 is 2.05 bits per heavy atom. The Hall–Kier alpha value is -0.740. The Labute approximate surface area is 111 Å². The van der Waals surface area contributed by atoms with Gasteiger partial charge in [0.25, 0.3) is 0 Å². The minimum absolute atomic E-state index is 0.0404. The lowest BCUT2D eigenvalue weighted by molar-refractivity contribution is -0.166. The van der Waals surface area contributed by atoms with E-state index in [4.69, 9.17) is 0 Å². The minimum Gasteiger partial charge on any atom is -0.339 e. The molecule has 1 saturated heterocycles. The maximum absolute atomic E-state index is 12.4. The van der Waals surface area contributed by atoms with Gasteiger partial charge in [0, 0.05) is 12.6 Å². The van der Waals surface area contributed by atoms with E-state index in [2.05, 4.69) is 13.8 Å². The largest absolute Gasteiger partial charge is 0.397 e. The Bertz CT molecular complexity index is 408. The van der Waals surface area contributed by atoms with Crippen molar-refractivity contribution in [2.24, 2.45) is 23.2 Å². The number of likely N-dealkylation sites (tertiary alicyclic amines) is 1. The predicted octanol–water partition coefficient (Wildman–Crippen LogP) is 3.22.